The van der Waals surface area contributed by atoms with E-state index in [1.54, 1.807) is 0 Å². The Morgan fingerprint density at radius 3 is 1.11 bits per heavy atom. The minimum atomic E-state index is -1.13. The molecule has 0 aromatic heterocycles. The van der Waals surface area contributed by atoms with Gasteiger partial charge in [-0.05, 0) is 25.7 Å². The number of hydrogen-bond donors (Lipinski definition) is 0. The molecule has 0 heterocycles. The Labute approximate surface area is 199 Å². The van der Waals surface area contributed by atoms with Crippen molar-refractivity contribution in [2.45, 2.75) is 51.4 Å². The Balaban J connectivity index is 0.000000483. The molecule has 148 valence electrons. The topological polar surface area (TPSA) is 133 Å². The van der Waals surface area contributed by atoms with Crippen LogP contribution in [0.5, 0.6) is 0 Å². The largest absolute Gasteiger partial charge is 2.00 e. The second-order valence-electron chi connectivity index (χ2n) is 6.68. The van der Waals surface area contributed by atoms with Crippen molar-refractivity contribution in [3.05, 3.63) is 0 Å². The van der Waals surface area contributed by atoms with Gasteiger partial charge in [0, 0.05) is 23.8 Å². The van der Waals surface area contributed by atoms with Crippen molar-refractivity contribution in [2.75, 3.05) is 14.2 Å². The van der Waals surface area contributed by atoms with Crippen LogP contribution < -0.4 is 10.2 Å². The Kier molecular flexibility index (Phi) is 13.3. The standard InChI is InChI=1S/2C9H14O4.Ba/c2*1-13-9(12)7-5-3-2-4-6(7)8(10)11;/h2*6-7H,2-5H2,1H3,(H,10,11);/q;;+2/p-2. The van der Waals surface area contributed by atoms with E-state index in [2.05, 4.69) is 9.47 Å². The Bertz CT molecular complexity index is 475. The van der Waals surface area contributed by atoms with Crippen molar-refractivity contribution in [2.24, 2.45) is 23.7 Å². The van der Waals surface area contributed by atoms with E-state index in [0.717, 1.165) is 25.7 Å². The van der Waals surface area contributed by atoms with Crippen LogP contribution in [0.3, 0.4) is 0 Å². The normalized spacial score (nSPS) is 27.0. The molecule has 2 saturated carbocycles. The molecule has 0 spiro atoms. The van der Waals surface area contributed by atoms with Gasteiger partial charge in [0.05, 0.1) is 26.1 Å². The van der Waals surface area contributed by atoms with Crippen LogP contribution in [-0.4, -0.2) is 87.0 Å². The van der Waals surface area contributed by atoms with Gasteiger partial charge in [-0.25, -0.2) is 0 Å². The molecule has 27 heavy (non-hydrogen) atoms. The number of carboxylic acids is 2. The number of hydrogen-bond acceptors (Lipinski definition) is 8. The van der Waals surface area contributed by atoms with Gasteiger partial charge >= 0.3 is 60.8 Å². The molecule has 2 rings (SSSR count). The summed E-state index contributed by atoms with van der Waals surface area (Å²) in [5.41, 5.74) is 0. The molecule has 2 aliphatic rings. The molecule has 0 saturated heterocycles. The molecule has 0 aromatic carbocycles. The third kappa shape index (κ3) is 8.15. The van der Waals surface area contributed by atoms with Gasteiger partial charge in [0.15, 0.2) is 0 Å². The van der Waals surface area contributed by atoms with Gasteiger partial charge < -0.3 is 29.3 Å². The van der Waals surface area contributed by atoms with Crippen LogP contribution in [0.4, 0.5) is 0 Å². The second kappa shape index (κ2) is 13.6. The van der Waals surface area contributed by atoms with Gasteiger partial charge in [-0.3, -0.25) is 9.59 Å². The zero-order valence-corrected chi connectivity index (χ0v) is 20.4. The van der Waals surface area contributed by atoms with Crippen LogP contribution in [0.1, 0.15) is 51.4 Å². The number of carbonyl (C=O) groups excluding carboxylic acids is 4. The molecule has 0 radical (unpaired) electrons. The van der Waals surface area contributed by atoms with Crippen molar-refractivity contribution in [1.82, 2.24) is 0 Å². The monoisotopic (exact) mass is 508 g/mol. The van der Waals surface area contributed by atoms with Gasteiger partial charge in [-0.15, -0.1) is 0 Å². The van der Waals surface area contributed by atoms with E-state index >= 15 is 0 Å². The maximum Gasteiger partial charge on any atom is 2.00 e. The molecule has 2 aliphatic carbocycles. The molecule has 2 fully saturated rings. The zero-order chi connectivity index (χ0) is 19.7. The molecule has 0 amide bonds. The summed E-state index contributed by atoms with van der Waals surface area (Å²) >= 11 is 0. The number of carbonyl (C=O) groups is 4. The average molecular weight is 508 g/mol. The fourth-order valence-corrected chi connectivity index (χ4v) is 3.69. The summed E-state index contributed by atoms with van der Waals surface area (Å²) in [5.74, 6) is -5.40. The van der Waals surface area contributed by atoms with Crippen LogP contribution in [0.25, 0.3) is 0 Å². The smallest absolute Gasteiger partial charge is 0.550 e. The second-order valence-corrected chi connectivity index (χ2v) is 6.68. The van der Waals surface area contributed by atoms with Gasteiger partial charge in [0.25, 0.3) is 0 Å². The first-order valence-corrected chi connectivity index (χ1v) is 8.90. The van der Waals surface area contributed by atoms with E-state index in [-0.39, 0.29) is 48.9 Å². The van der Waals surface area contributed by atoms with Crippen molar-refractivity contribution in [1.29, 1.82) is 0 Å². The van der Waals surface area contributed by atoms with E-state index in [0.29, 0.717) is 25.7 Å². The van der Waals surface area contributed by atoms with Gasteiger partial charge in [-0.2, -0.15) is 0 Å². The molecule has 0 N–H and O–H groups in total. The minimum absolute atomic E-state index is 0. The summed E-state index contributed by atoms with van der Waals surface area (Å²) < 4.78 is 9.08. The number of esters is 2. The summed E-state index contributed by atoms with van der Waals surface area (Å²) in [7, 11) is 2.56. The Hall–Kier alpha value is -0.549. The number of methoxy groups -OCH3 is 2. The maximum absolute atomic E-state index is 11.2. The summed E-state index contributed by atoms with van der Waals surface area (Å²) in [6.07, 6.45) is 5.76. The van der Waals surface area contributed by atoms with Crippen molar-refractivity contribution in [3.8, 4) is 0 Å². The molecule has 9 heteroatoms. The maximum atomic E-state index is 11.2. The minimum Gasteiger partial charge on any atom is -0.550 e. The molecule has 0 aromatic rings. The van der Waals surface area contributed by atoms with Crippen LogP contribution in [0, 0.1) is 23.7 Å². The zero-order valence-electron chi connectivity index (χ0n) is 15.9. The van der Waals surface area contributed by atoms with E-state index in [9.17, 15) is 29.4 Å². The fourth-order valence-electron chi connectivity index (χ4n) is 3.69. The van der Waals surface area contributed by atoms with E-state index in [1.807, 2.05) is 0 Å². The predicted molar refractivity (Wildman–Crippen MR) is 90.7 cm³/mol. The SMILES string of the molecule is COC(=O)C1CCCCC1C(=O)[O-].COC(=O)C1CCCCC1C(=O)[O-].[Ba+2]. The third-order valence-corrected chi connectivity index (χ3v) is 5.15. The molecule has 0 aliphatic heterocycles. The van der Waals surface area contributed by atoms with Crippen LogP contribution in [0.2, 0.25) is 0 Å². The number of carboxylic acid groups (broad SMARTS) is 2. The van der Waals surface area contributed by atoms with Gasteiger partial charge in [0.2, 0.25) is 0 Å². The predicted octanol–water partition coefficient (Wildman–Crippen LogP) is -0.949. The van der Waals surface area contributed by atoms with E-state index in [4.69, 9.17) is 0 Å². The fraction of sp³-hybridized carbons (Fsp3) is 0.778. The van der Waals surface area contributed by atoms with Crippen LogP contribution in [0.15, 0.2) is 0 Å². The molecular weight excluding hydrogens is 482 g/mol. The molecule has 4 unspecified atom stereocenters. The van der Waals surface area contributed by atoms with Crippen molar-refractivity contribution in [3.63, 3.8) is 0 Å². The van der Waals surface area contributed by atoms with Crippen LogP contribution >= 0.6 is 0 Å². The summed E-state index contributed by atoms with van der Waals surface area (Å²) in [5, 5.41) is 21.3. The molecule has 8 nitrogen and oxygen atoms in total. The summed E-state index contributed by atoms with van der Waals surface area (Å²) in [6.45, 7) is 0. The first-order chi connectivity index (χ1) is 12.3. The van der Waals surface area contributed by atoms with E-state index < -0.39 is 47.5 Å². The first-order valence-electron chi connectivity index (χ1n) is 8.90. The number of rotatable bonds is 4. The third-order valence-electron chi connectivity index (χ3n) is 5.15. The van der Waals surface area contributed by atoms with Crippen molar-refractivity contribution >= 4 is 72.8 Å². The van der Waals surface area contributed by atoms with Crippen molar-refractivity contribution < 1.29 is 38.9 Å². The Morgan fingerprint density at radius 1 is 0.630 bits per heavy atom. The quantitative estimate of drug-likeness (QED) is 0.351. The summed E-state index contributed by atoms with van der Waals surface area (Å²) in [4.78, 5) is 43.7. The molecular formula is C18H26BaO8. The van der Waals surface area contributed by atoms with Gasteiger partial charge in [-0.1, -0.05) is 25.7 Å². The molecule has 4 atom stereocenters. The van der Waals surface area contributed by atoms with E-state index in [1.165, 1.54) is 14.2 Å². The number of aliphatic carboxylic acids is 2. The average Bonchev–Trinajstić information content (AvgIpc) is 2.67. The Morgan fingerprint density at radius 2 is 0.889 bits per heavy atom. The summed E-state index contributed by atoms with van der Waals surface area (Å²) in [6, 6.07) is 0. The first kappa shape index (κ1) is 26.5. The molecule has 0 bridgehead atoms. The van der Waals surface area contributed by atoms with Gasteiger partial charge in [0.1, 0.15) is 0 Å². The van der Waals surface area contributed by atoms with Crippen LogP contribution in [-0.2, 0) is 28.7 Å². The number of ether oxygens (including phenoxy) is 2.